The minimum Gasteiger partial charge on any atom is -0.325 e. The number of carbonyl (C=O) groups is 1. The summed E-state index contributed by atoms with van der Waals surface area (Å²) in [6.45, 7) is 5.97. The van der Waals surface area contributed by atoms with E-state index in [-0.39, 0.29) is 22.6 Å². The van der Waals surface area contributed by atoms with Crippen molar-refractivity contribution in [1.82, 2.24) is 9.97 Å². The van der Waals surface area contributed by atoms with Crippen LogP contribution in [-0.2, 0) is 10.2 Å². The summed E-state index contributed by atoms with van der Waals surface area (Å²) >= 11 is 1.21. The molecule has 0 aliphatic rings. The average molecular weight is 317 g/mol. The summed E-state index contributed by atoms with van der Waals surface area (Å²) < 4.78 is 0. The predicted molar refractivity (Wildman–Crippen MR) is 89.4 cm³/mol. The van der Waals surface area contributed by atoms with Crippen LogP contribution in [-0.4, -0.2) is 21.6 Å². The molecule has 22 heavy (non-hydrogen) atoms. The first-order chi connectivity index (χ1) is 10.3. The molecule has 0 spiro atoms. The second-order valence-corrected chi connectivity index (χ2v) is 6.85. The van der Waals surface area contributed by atoms with Crippen LogP contribution in [0.1, 0.15) is 26.5 Å². The number of anilines is 1. The molecular formula is C16H19N3O2S. The van der Waals surface area contributed by atoms with Gasteiger partial charge in [-0.3, -0.25) is 9.59 Å². The van der Waals surface area contributed by atoms with Crippen molar-refractivity contribution in [1.29, 1.82) is 0 Å². The van der Waals surface area contributed by atoms with Gasteiger partial charge in [0.15, 0.2) is 5.16 Å². The Kier molecular flexibility index (Phi) is 5.03. The Morgan fingerprint density at radius 1 is 1.27 bits per heavy atom. The van der Waals surface area contributed by atoms with Crippen molar-refractivity contribution in [3.05, 3.63) is 52.4 Å². The van der Waals surface area contributed by atoms with Gasteiger partial charge in [0.05, 0.1) is 11.4 Å². The lowest BCUT2D eigenvalue weighted by atomic mass is 9.92. The summed E-state index contributed by atoms with van der Waals surface area (Å²) in [5.41, 5.74) is 1.04. The number of nitrogens with zero attached hydrogens (tertiary/aromatic N) is 1. The van der Waals surface area contributed by atoms with Crippen molar-refractivity contribution in [3.63, 3.8) is 0 Å². The van der Waals surface area contributed by atoms with E-state index in [1.807, 2.05) is 51.1 Å². The number of nitrogens with one attached hydrogen (secondary N) is 2. The van der Waals surface area contributed by atoms with E-state index in [2.05, 4.69) is 15.3 Å². The highest BCUT2D eigenvalue weighted by molar-refractivity contribution is 7.99. The van der Waals surface area contributed by atoms with Crippen molar-refractivity contribution >= 4 is 23.4 Å². The Hall–Kier alpha value is -2.08. The van der Waals surface area contributed by atoms with E-state index in [0.717, 1.165) is 5.69 Å². The fourth-order valence-corrected chi connectivity index (χ4v) is 2.42. The molecule has 0 atom stereocenters. The summed E-state index contributed by atoms with van der Waals surface area (Å²) in [5, 5.41) is 3.25. The maximum absolute atomic E-state index is 11.9. The molecule has 1 aromatic carbocycles. The molecule has 1 heterocycles. The van der Waals surface area contributed by atoms with Crippen LogP contribution in [0.4, 0.5) is 5.69 Å². The molecule has 0 bridgehead atoms. The van der Waals surface area contributed by atoms with Gasteiger partial charge in [0.25, 0.3) is 5.56 Å². The predicted octanol–water partition coefficient (Wildman–Crippen LogP) is 2.80. The normalized spacial score (nSPS) is 11.2. The molecule has 0 saturated heterocycles. The Balaban J connectivity index is 2.01. The second-order valence-electron chi connectivity index (χ2n) is 5.89. The zero-order valence-electron chi connectivity index (χ0n) is 12.8. The third kappa shape index (κ3) is 4.73. The monoisotopic (exact) mass is 317 g/mol. The van der Waals surface area contributed by atoms with E-state index in [9.17, 15) is 9.59 Å². The number of H-pyrrole nitrogens is 1. The summed E-state index contributed by atoms with van der Waals surface area (Å²) in [5.74, 6) is 0.0471. The molecule has 116 valence electrons. The largest absolute Gasteiger partial charge is 0.325 e. The molecule has 0 aliphatic carbocycles. The minimum absolute atomic E-state index is 0.139. The standard InChI is InChI=1S/C16H19N3O2S/c1-16(2,3)12-9-13(20)19-15(18-12)22-10-14(21)17-11-7-5-4-6-8-11/h4-9H,10H2,1-3H3,(H,17,21)(H,18,19,20). The zero-order valence-corrected chi connectivity index (χ0v) is 13.7. The number of benzene rings is 1. The first kappa shape index (κ1) is 16.3. The SMILES string of the molecule is CC(C)(C)c1cc(=O)[nH]c(SCC(=O)Nc2ccccc2)n1. The van der Waals surface area contributed by atoms with Gasteiger partial charge in [-0.1, -0.05) is 50.7 Å². The van der Waals surface area contributed by atoms with Crippen LogP contribution in [0, 0.1) is 0 Å². The Morgan fingerprint density at radius 3 is 2.59 bits per heavy atom. The average Bonchev–Trinajstić information content (AvgIpc) is 2.45. The number of amides is 1. The molecule has 2 N–H and O–H groups in total. The van der Waals surface area contributed by atoms with Crippen LogP contribution in [0.25, 0.3) is 0 Å². The minimum atomic E-state index is -0.212. The lowest BCUT2D eigenvalue weighted by Crippen LogP contribution is -2.20. The highest BCUT2D eigenvalue weighted by Crippen LogP contribution is 2.21. The van der Waals surface area contributed by atoms with Crippen molar-refractivity contribution in [3.8, 4) is 0 Å². The molecule has 1 amide bonds. The molecule has 0 aliphatic heterocycles. The smallest absolute Gasteiger partial charge is 0.251 e. The van der Waals surface area contributed by atoms with Crippen LogP contribution in [0.2, 0.25) is 0 Å². The highest BCUT2D eigenvalue weighted by Gasteiger charge is 2.17. The van der Waals surface area contributed by atoms with Gasteiger partial charge < -0.3 is 10.3 Å². The number of thioether (sulfide) groups is 1. The number of carbonyl (C=O) groups excluding carboxylic acids is 1. The van der Waals surface area contributed by atoms with Gasteiger partial charge in [-0.15, -0.1) is 0 Å². The van der Waals surface area contributed by atoms with Crippen LogP contribution in [0.5, 0.6) is 0 Å². The lowest BCUT2D eigenvalue weighted by molar-refractivity contribution is -0.113. The quantitative estimate of drug-likeness (QED) is 0.671. The van der Waals surface area contributed by atoms with Crippen LogP contribution in [0.15, 0.2) is 46.3 Å². The van der Waals surface area contributed by atoms with E-state index >= 15 is 0 Å². The molecule has 1 aromatic heterocycles. The number of para-hydroxylation sites is 1. The molecule has 2 aromatic rings. The highest BCUT2D eigenvalue weighted by atomic mass is 32.2. The van der Waals surface area contributed by atoms with Gasteiger partial charge >= 0.3 is 0 Å². The van der Waals surface area contributed by atoms with E-state index in [1.54, 1.807) is 0 Å². The summed E-state index contributed by atoms with van der Waals surface area (Å²) in [4.78, 5) is 30.7. The van der Waals surface area contributed by atoms with E-state index in [4.69, 9.17) is 0 Å². The maximum Gasteiger partial charge on any atom is 0.251 e. The fraction of sp³-hybridized carbons (Fsp3) is 0.312. The molecule has 2 rings (SSSR count). The molecule has 0 saturated carbocycles. The van der Waals surface area contributed by atoms with Crippen molar-refractivity contribution in [2.24, 2.45) is 0 Å². The first-order valence-corrected chi connectivity index (χ1v) is 7.93. The molecular weight excluding hydrogens is 298 g/mol. The third-order valence-electron chi connectivity index (χ3n) is 2.89. The Morgan fingerprint density at radius 2 is 1.95 bits per heavy atom. The summed E-state index contributed by atoms with van der Waals surface area (Å²) in [7, 11) is 0. The van der Waals surface area contributed by atoms with Crippen LogP contribution < -0.4 is 10.9 Å². The van der Waals surface area contributed by atoms with Gasteiger partial charge in [0.2, 0.25) is 5.91 Å². The first-order valence-electron chi connectivity index (χ1n) is 6.94. The van der Waals surface area contributed by atoms with Crippen LogP contribution in [0.3, 0.4) is 0 Å². The maximum atomic E-state index is 11.9. The molecule has 6 heteroatoms. The Bertz CT molecular complexity index is 705. The number of hydrogen-bond acceptors (Lipinski definition) is 4. The lowest BCUT2D eigenvalue weighted by Gasteiger charge is -2.17. The van der Waals surface area contributed by atoms with Gasteiger partial charge in [-0.05, 0) is 12.1 Å². The molecule has 5 nitrogen and oxygen atoms in total. The zero-order chi connectivity index (χ0) is 16.2. The molecule has 0 radical (unpaired) electrons. The van der Waals surface area contributed by atoms with E-state index in [1.165, 1.54) is 17.8 Å². The number of rotatable bonds is 4. The fourth-order valence-electron chi connectivity index (χ4n) is 1.74. The molecule has 0 unspecified atom stereocenters. The van der Waals surface area contributed by atoms with Crippen molar-refractivity contribution in [2.45, 2.75) is 31.3 Å². The van der Waals surface area contributed by atoms with Gasteiger partial charge in [-0.25, -0.2) is 4.98 Å². The Labute approximate surface area is 133 Å². The van der Waals surface area contributed by atoms with Crippen molar-refractivity contribution in [2.75, 3.05) is 11.1 Å². The number of hydrogen-bond donors (Lipinski definition) is 2. The van der Waals surface area contributed by atoms with Gasteiger partial charge in [-0.2, -0.15) is 0 Å². The summed E-state index contributed by atoms with van der Waals surface area (Å²) in [6.07, 6.45) is 0. The van der Waals surface area contributed by atoms with E-state index in [0.29, 0.717) is 10.9 Å². The van der Waals surface area contributed by atoms with Crippen LogP contribution >= 0.6 is 11.8 Å². The third-order valence-corrected chi connectivity index (χ3v) is 3.76. The molecule has 0 fully saturated rings. The second kappa shape index (κ2) is 6.79. The number of aromatic amines is 1. The number of aromatic nitrogens is 2. The van der Waals surface area contributed by atoms with Gasteiger partial charge in [0.1, 0.15) is 0 Å². The van der Waals surface area contributed by atoms with Gasteiger partial charge in [0, 0.05) is 17.2 Å². The summed E-state index contributed by atoms with van der Waals surface area (Å²) in [6, 6.07) is 10.7. The van der Waals surface area contributed by atoms with E-state index < -0.39 is 0 Å². The van der Waals surface area contributed by atoms with Crippen molar-refractivity contribution < 1.29 is 4.79 Å². The topological polar surface area (TPSA) is 74.8 Å².